The minimum atomic E-state index is -0.929. The zero-order valence-corrected chi connectivity index (χ0v) is 19.1. The third kappa shape index (κ3) is 3.53. The number of pyridine rings is 1. The molecule has 3 aromatic rings. The standard InChI is InChI=1S/C26H24F2N4O3/c1-15-13-30(14-29-15)21-5-6-22-26(34)31(9-10-32(22)25(21)33)20-7-8-24(20)35-23-4-2-3-16-11-18(27)19(28)12-17(16)23/h2-6,11-13,20,24,29H,7-10,14H2,1H3/t20-,24-/m1/s1. The first-order chi connectivity index (χ1) is 16.9. The molecule has 1 N–H and O–H groups in total. The average Bonchev–Trinajstić information content (AvgIpc) is 3.25. The third-order valence-corrected chi connectivity index (χ3v) is 7.12. The van der Waals surface area contributed by atoms with Crippen LogP contribution in [0.1, 0.15) is 30.3 Å². The summed E-state index contributed by atoms with van der Waals surface area (Å²) in [5.74, 6) is -1.57. The number of hydrogen-bond donors (Lipinski definition) is 1. The first-order valence-corrected chi connectivity index (χ1v) is 11.7. The smallest absolute Gasteiger partial charge is 0.275 e. The maximum absolute atomic E-state index is 13.9. The van der Waals surface area contributed by atoms with Crippen molar-refractivity contribution in [3.63, 3.8) is 0 Å². The number of rotatable bonds is 4. The zero-order valence-electron chi connectivity index (χ0n) is 19.1. The predicted molar refractivity (Wildman–Crippen MR) is 127 cm³/mol. The molecule has 1 amide bonds. The number of carbonyl (C=O) groups excluding carboxylic acids is 1. The highest BCUT2D eigenvalue weighted by Gasteiger charge is 2.42. The van der Waals surface area contributed by atoms with Gasteiger partial charge in [0.05, 0.1) is 12.7 Å². The van der Waals surface area contributed by atoms with Crippen LogP contribution in [0.4, 0.5) is 14.5 Å². The molecular weight excluding hydrogens is 454 g/mol. The fraction of sp³-hybridized carbons (Fsp3) is 0.308. The molecule has 0 unspecified atom stereocenters. The molecule has 3 heterocycles. The van der Waals surface area contributed by atoms with E-state index in [-0.39, 0.29) is 23.6 Å². The molecule has 0 spiro atoms. The summed E-state index contributed by atoms with van der Waals surface area (Å²) in [6, 6.07) is 10.7. The molecule has 9 heteroatoms. The maximum Gasteiger partial charge on any atom is 0.275 e. The van der Waals surface area contributed by atoms with Crippen molar-refractivity contribution in [2.75, 3.05) is 18.1 Å². The van der Waals surface area contributed by atoms with Gasteiger partial charge in [-0.15, -0.1) is 0 Å². The average molecular weight is 478 g/mol. The molecule has 2 aliphatic heterocycles. The lowest BCUT2D eigenvalue weighted by Crippen LogP contribution is -2.58. The third-order valence-electron chi connectivity index (χ3n) is 7.12. The number of halogens is 2. The van der Waals surface area contributed by atoms with E-state index in [0.29, 0.717) is 47.7 Å². The van der Waals surface area contributed by atoms with Crippen LogP contribution in [0.3, 0.4) is 0 Å². The number of nitrogens with zero attached hydrogens (tertiary/aromatic N) is 3. The molecule has 180 valence electrons. The summed E-state index contributed by atoms with van der Waals surface area (Å²) in [5, 5.41) is 4.22. The zero-order chi connectivity index (χ0) is 24.3. The number of amides is 1. The Labute approximate surface area is 200 Å². The van der Waals surface area contributed by atoms with Crippen molar-refractivity contribution in [1.29, 1.82) is 0 Å². The Bertz CT molecular complexity index is 1450. The van der Waals surface area contributed by atoms with Crippen LogP contribution in [0.5, 0.6) is 5.75 Å². The molecule has 2 aromatic carbocycles. The highest BCUT2D eigenvalue weighted by atomic mass is 19.2. The van der Waals surface area contributed by atoms with Crippen molar-refractivity contribution in [1.82, 2.24) is 14.8 Å². The van der Waals surface area contributed by atoms with E-state index in [1.54, 1.807) is 39.8 Å². The number of ether oxygens (including phenoxy) is 1. The lowest BCUT2D eigenvalue weighted by Gasteiger charge is -2.45. The molecule has 7 nitrogen and oxygen atoms in total. The number of anilines is 1. The maximum atomic E-state index is 13.9. The Hall–Kier alpha value is -3.88. The molecule has 1 aliphatic carbocycles. The molecule has 1 fully saturated rings. The van der Waals surface area contributed by atoms with Crippen molar-refractivity contribution in [2.24, 2.45) is 0 Å². The SMILES string of the molecule is CC1=CN(c2ccc3n(c2=O)CCN([C@@H]2CC[C@H]2Oc2cccc4cc(F)c(F)cc24)C3=O)CN1. The van der Waals surface area contributed by atoms with E-state index in [4.69, 9.17) is 4.74 Å². The minimum absolute atomic E-state index is 0.153. The highest BCUT2D eigenvalue weighted by molar-refractivity contribution is 5.94. The lowest BCUT2D eigenvalue weighted by atomic mass is 9.86. The van der Waals surface area contributed by atoms with Gasteiger partial charge in [0, 0.05) is 30.4 Å². The number of nitrogens with one attached hydrogen (secondary N) is 1. The summed E-state index contributed by atoms with van der Waals surface area (Å²) in [6.07, 6.45) is 3.13. The summed E-state index contributed by atoms with van der Waals surface area (Å²) < 4.78 is 35.3. The van der Waals surface area contributed by atoms with Crippen molar-refractivity contribution in [2.45, 2.75) is 38.5 Å². The van der Waals surface area contributed by atoms with E-state index < -0.39 is 11.6 Å². The summed E-state index contributed by atoms with van der Waals surface area (Å²) >= 11 is 0. The molecule has 6 rings (SSSR count). The van der Waals surface area contributed by atoms with Gasteiger partial charge >= 0.3 is 0 Å². The molecule has 3 aliphatic rings. The minimum Gasteiger partial charge on any atom is -0.488 e. The van der Waals surface area contributed by atoms with Gasteiger partial charge in [-0.3, -0.25) is 9.59 Å². The predicted octanol–water partition coefficient (Wildman–Crippen LogP) is 3.57. The fourth-order valence-corrected chi connectivity index (χ4v) is 5.11. The Morgan fingerprint density at radius 3 is 2.60 bits per heavy atom. The molecule has 1 saturated carbocycles. The van der Waals surface area contributed by atoms with E-state index in [2.05, 4.69) is 5.32 Å². The van der Waals surface area contributed by atoms with Gasteiger partial charge in [-0.25, -0.2) is 8.78 Å². The Kier molecular flexibility index (Phi) is 5.01. The summed E-state index contributed by atoms with van der Waals surface area (Å²) in [6.45, 7) is 3.26. The summed E-state index contributed by atoms with van der Waals surface area (Å²) in [7, 11) is 0. The van der Waals surface area contributed by atoms with Gasteiger partial charge in [-0.1, -0.05) is 12.1 Å². The number of carbonyl (C=O) groups is 1. The van der Waals surface area contributed by atoms with E-state index in [1.807, 2.05) is 18.0 Å². The molecular formula is C26H24F2N4O3. The number of aromatic nitrogens is 1. The van der Waals surface area contributed by atoms with Gasteiger partial charge in [-0.05, 0) is 55.5 Å². The van der Waals surface area contributed by atoms with E-state index in [9.17, 15) is 18.4 Å². The van der Waals surface area contributed by atoms with Crippen LogP contribution in [0.15, 0.2) is 59.2 Å². The van der Waals surface area contributed by atoms with Crippen LogP contribution < -0.4 is 20.5 Å². The van der Waals surface area contributed by atoms with Crippen LogP contribution in [0.25, 0.3) is 10.8 Å². The van der Waals surface area contributed by atoms with Gasteiger partial charge in [0.1, 0.15) is 23.2 Å². The van der Waals surface area contributed by atoms with Crippen LogP contribution in [0.2, 0.25) is 0 Å². The molecule has 0 saturated heterocycles. The Morgan fingerprint density at radius 2 is 1.86 bits per heavy atom. The van der Waals surface area contributed by atoms with E-state index >= 15 is 0 Å². The molecule has 0 radical (unpaired) electrons. The van der Waals surface area contributed by atoms with Crippen LogP contribution in [0, 0.1) is 11.6 Å². The Balaban J connectivity index is 1.24. The van der Waals surface area contributed by atoms with Crippen LogP contribution in [-0.2, 0) is 6.54 Å². The first-order valence-electron chi connectivity index (χ1n) is 11.7. The topological polar surface area (TPSA) is 66.8 Å². The van der Waals surface area contributed by atoms with E-state index in [0.717, 1.165) is 30.7 Å². The Morgan fingerprint density at radius 1 is 1.03 bits per heavy atom. The summed E-state index contributed by atoms with van der Waals surface area (Å²) in [4.78, 5) is 30.1. The second kappa shape index (κ2) is 8.11. The normalized spacial score (nSPS) is 21.5. The molecule has 1 aromatic heterocycles. The largest absolute Gasteiger partial charge is 0.488 e. The van der Waals surface area contributed by atoms with Gasteiger partial charge < -0.3 is 24.4 Å². The highest BCUT2D eigenvalue weighted by Crippen LogP contribution is 2.35. The van der Waals surface area contributed by atoms with Crippen LogP contribution in [-0.4, -0.2) is 40.7 Å². The van der Waals surface area contributed by atoms with Gasteiger partial charge in [-0.2, -0.15) is 0 Å². The van der Waals surface area contributed by atoms with E-state index in [1.165, 1.54) is 0 Å². The first kappa shape index (κ1) is 21.6. The number of fused-ring (bicyclic) bond motifs is 2. The van der Waals surface area contributed by atoms with Gasteiger partial charge in [0.2, 0.25) is 0 Å². The van der Waals surface area contributed by atoms with Gasteiger partial charge in [0.25, 0.3) is 11.5 Å². The van der Waals surface area contributed by atoms with Gasteiger partial charge in [0.15, 0.2) is 11.6 Å². The quantitative estimate of drug-likeness (QED) is 0.621. The number of benzene rings is 2. The lowest BCUT2D eigenvalue weighted by molar-refractivity contribution is -0.00483. The second-order valence-electron chi connectivity index (χ2n) is 9.22. The number of hydrogen-bond acceptors (Lipinski definition) is 5. The molecule has 0 bridgehead atoms. The molecule has 2 atom stereocenters. The monoisotopic (exact) mass is 478 g/mol. The summed E-state index contributed by atoms with van der Waals surface area (Å²) in [5.41, 5.74) is 1.69. The fourth-order valence-electron chi connectivity index (χ4n) is 5.11. The molecule has 35 heavy (non-hydrogen) atoms. The van der Waals surface area contributed by atoms with Crippen LogP contribution >= 0.6 is 0 Å². The second-order valence-corrected chi connectivity index (χ2v) is 9.22. The van der Waals surface area contributed by atoms with Crippen molar-refractivity contribution in [3.05, 3.63) is 82.0 Å². The van der Waals surface area contributed by atoms with Crippen molar-refractivity contribution >= 4 is 22.4 Å². The number of allylic oxidation sites excluding steroid dienone is 1. The van der Waals surface area contributed by atoms with Crippen molar-refractivity contribution in [3.8, 4) is 5.75 Å². The van der Waals surface area contributed by atoms with Crippen molar-refractivity contribution < 1.29 is 18.3 Å².